The molecule has 0 saturated carbocycles. The van der Waals surface area contributed by atoms with Gasteiger partial charge < -0.3 is 10.6 Å². The summed E-state index contributed by atoms with van der Waals surface area (Å²) in [5.41, 5.74) is 0. The van der Waals surface area contributed by atoms with Gasteiger partial charge in [-0.25, -0.2) is 4.98 Å². The van der Waals surface area contributed by atoms with Gasteiger partial charge in [-0.05, 0) is 12.5 Å². The predicted octanol–water partition coefficient (Wildman–Crippen LogP) is 1.61. The first-order valence-electron chi connectivity index (χ1n) is 6.15. The molecule has 6 nitrogen and oxygen atoms in total. The third-order valence-corrected chi connectivity index (χ3v) is 2.40. The summed E-state index contributed by atoms with van der Waals surface area (Å²) in [6.45, 7) is 4.60. The van der Waals surface area contributed by atoms with Crippen LogP contribution >= 0.6 is 0 Å². The molecule has 0 radical (unpaired) electrons. The van der Waals surface area contributed by atoms with Gasteiger partial charge in [-0.3, -0.25) is 9.67 Å². The van der Waals surface area contributed by atoms with Crippen molar-refractivity contribution in [2.24, 2.45) is 0 Å². The van der Waals surface area contributed by atoms with Gasteiger partial charge in [0.2, 0.25) is 0 Å². The SMILES string of the molecule is CCCNc1cncc(NCCn2cccn2)n1. The molecule has 0 fully saturated rings. The third-order valence-electron chi connectivity index (χ3n) is 2.40. The van der Waals surface area contributed by atoms with Crippen molar-refractivity contribution >= 4 is 11.6 Å². The van der Waals surface area contributed by atoms with Gasteiger partial charge in [-0.15, -0.1) is 0 Å². The lowest BCUT2D eigenvalue weighted by Gasteiger charge is -2.08. The van der Waals surface area contributed by atoms with E-state index in [-0.39, 0.29) is 0 Å². The first kappa shape index (κ1) is 12.3. The minimum atomic E-state index is 0.771. The van der Waals surface area contributed by atoms with E-state index in [1.54, 1.807) is 18.6 Å². The Kier molecular flexibility index (Phi) is 4.52. The molecule has 0 aliphatic rings. The molecule has 6 heteroatoms. The summed E-state index contributed by atoms with van der Waals surface area (Å²) in [5.74, 6) is 1.59. The van der Waals surface area contributed by atoms with Gasteiger partial charge in [-0.2, -0.15) is 5.10 Å². The first-order valence-corrected chi connectivity index (χ1v) is 6.15. The molecule has 0 bridgehead atoms. The molecular formula is C12H18N6. The van der Waals surface area contributed by atoms with E-state index in [1.807, 2.05) is 16.9 Å². The topological polar surface area (TPSA) is 67.7 Å². The molecule has 0 aromatic carbocycles. The molecular weight excluding hydrogens is 228 g/mol. The Morgan fingerprint density at radius 3 is 2.61 bits per heavy atom. The van der Waals surface area contributed by atoms with E-state index in [0.29, 0.717) is 0 Å². The van der Waals surface area contributed by atoms with Crippen molar-refractivity contribution in [1.29, 1.82) is 0 Å². The summed E-state index contributed by atoms with van der Waals surface area (Å²) in [5, 5.41) is 10.6. The molecule has 2 aromatic rings. The third kappa shape index (κ3) is 3.73. The number of anilines is 2. The molecule has 96 valence electrons. The maximum absolute atomic E-state index is 4.41. The summed E-state index contributed by atoms with van der Waals surface area (Å²) in [4.78, 5) is 8.56. The van der Waals surface area contributed by atoms with Crippen molar-refractivity contribution in [2.45, 2.75) is 19.9 Å². The Labute approximate surface area is 106 Å². The molecule has 0 saturated heterocycles. The van der Waals surface area contributed by atoms with Crippen LogP contribution in [-0.4, -0.2) is 32.8 Å². The lowest BCUT2D eigenvalue weighted by Crippen LogP contribution is -2.12. The van der Waals surface area contributed by atoms with Crippen molar-refractivity contribution in [3.8, 4) is 0 Å². The fourth-order valence-corrected chi connectivity index (χ4v) is 1.52. The fourth-order valence-electron chi connectivity index (χ4n) is 1.52. The van der Waals surface area contributed by atoms with Gasteiger partial charge in [0.25, 0.3) is 0 Å². The van der Waals surface area contributed by atoms with E-state index >= 15 is 0 Å². The molecule has 2 rings (SSSR count). The van der Waals surface area contributed by atoms with E-state index in [2.05, 4.69) is 32.6 Å². The Morgan fingerprint density at radius 2 is 1.94 bits per heavy atom. The standard InChI is InChI=1S/C12H18N6/c1-2-4-14-11-9-13-10-12(17-11)15-6-8-18-7-3-5-16-18/h3,5,7,9-10H,2,4,6,8H2,1H3,(H2,14,15,17). The zero-order chi connectivity index (χ0) is 12.6. The summed E-state index contributed by atoms with van der Waals surface area (Å²) in [6.07, 6.45) is 8.23. The van der Waals surface area contributed by atoms with Crippen molar-refractivity contribution in [3.05, 3.63) is 30.9 Å². The van der Waals surface area contributed by atoms with Crippen molar-refractivity contribution < 1.29 is 0 Å². The van der Waals surface area contributed by atoms with Crippen LogP contribution in [0.15, 0.2) is 30.9 Å². The molecule has 0 spiro atoms. The zero-order valence-corrected chi connectivity index (χ0v) is 10.5. The zero-order valence-electron chi connectivity index (χ0n) is 10.5. The number of rotatable bonds is 7. The normalized spacial score (nSPS) is 10.3. The Morgan fingerprint density at radius 1 is 1.17 bits per heavy atom. The van der Waals surface area contributed by atoms with Crippen molar-refractivity contribution in [2.75, 3.05) is 23.7 Å². The van der Waals surface area contributed by atoms with Gasteiger partial charge >= 0.3 is 0 Å². The maximum Gasteiger partial charge on any atom is 0.147 e. The molecule has 2 aromatic heterocycles. The first-order chi connectivity index (χ1) is 8.88. The minimum absolute atomic E-state index is 0.771. The molecule has 0 atom stereocenters. The van der Waals surface area contributed by atoms with Crippen LogP contribution in [0.4, 0.5) is 11.6 Å². The maximum atomic E-state index is 4.41. The average Bonchev–Trinajstić information content (AvgIpc) is 2.90. The number of hydrogen-bond acceptors (Lipinski definition) is 5. The van der Waals surface area contributed by atoms with Crippen LogP contribution < -0.4 is 10.6 Å². The average molecular weight is 246 g/mol. The smallest absolute Gasteiger partial charge is 0.147 e. The van der Waals surface area contributed by atoms with E-state index in [1.165, 1.54) is 0 Å². The Bertz CT molecular complexity index is 453. The minimum Gasteiger partial charge on any atom is -0.369 e. The van der Waals surface area contributed by atoms with Crippen LogP contribution in [0.3, 0.4) is 0 Å². The summed E-state index contributed by atoms with van der Waals surface area (Å²) in [6, 6.07) is 1.91. The van der Waals surface area contributed by atoms with Gasteiger partial charge in [0, 0.05) is 25.5 Å². The van der Waals surface area contributed by atoms with Crippen LogP contribution in [0.1, 0.15) is 13.3 Å². The molecule has 0 amide bonds. The Balaban J connectivity index is 1.81. The summed E-state index contributed by atoms with van der Waals surface area (Å²) in [7, 11) is 0. The molecule has 18 heavy (non-hydrogen) atoms. The largest absolute Gasteiger partial charge is 0.369 e. The number of hydrogen-bond donors (Lipinski definition) is 2. The van der Waals surface area contributed by atoms with Crippen LogP contribution in [0, 0.1) is 0 Å². The van der Waals surface area contributed by atoms with Crippen molar-refractivity contribution in [3.63, 3.8) is 0 Å². The molecule has 0 unspecified atom stereocenters. The fraction of sp³-hybridized carbons (Fsp3) is 0.417. The lowest BCUT2D eigenvalue weighted by atomic mass is 10.5. The van der Waals surface area contributed by atoms with Crippen LogP contribution in [0.25, 0.3) is 0 Å². The van der Waals surface area contributed by atoms with Crippen LogP contribution in [0.5, 0.6) is 0 Å². The quantitative estimate of drug-likeness (QED) is 0.777. The van der Waals surface area contributed by atoms with E-state index in [9.17, 15) is 0 Å². The highest BCUT2D eigenvalue weighted by atomic mass is 15.3. The van der Waals surface area contributed by atoms with E-state index < -0.39 is 0 Å². The highest BCUT2D eigenvalue weighted by Gasteiger charge is 1.97. The van der Waals surface area contributed by atoms with Gasteiger partial charge in [0.1, 0.15) is 11.6 Å². The molecule has 0 aliphatic heterocycles. The van der Waals surface area contributed by atoms with E-state index in [4.69, 9.17) is 0 Å². The lowest BCUT2D eigenvalue weighted by molar-refractivity contribution is 0.637. The highest BCUT2D eigenvalue weighted by molar-refractivity contribution is 5.41. The Hall–Kier alpha value is -2.11. The number of aromatic nitrogens is 4. The van der Waals surface area contributed by atoms with Gasteiger partial charge in [-0.1, -0.05) is 6.92 Å². The molecule has 2 heterocycles. The second kappa shape index (κ2) is 6.58. The van der Waals surface area contributed by atoms with Crippen molar-refractivity contribution in [1.82, 2.24) is 19.7 Å². The summed E-state index contributed by atoms with van der Waals surface area (Å²) >= 11 is 0. The van der Waals surface area contributed by atoms with Crippen LogP contribution in [-0.2, 0) is 6.54 Å². The van der Waals surface area contributed by atoms with Crippen LogP contribution in [0.2, 0.25) is 0 Å². The second-order valence-corrected chi connectivity index (χ2v) is 3.91. The van der Waals surface area contributed by atoms with Gasteiger partial charge in [0.05, 0.1) is 18.9 Å². The summed E-state index contributed by atoms with van der Waals surface area (Å²) < 4.78 is 1.87. The number of nitrogens with one attached hydrogen (secondary N) is 2. The predicted molar refractivity (Wildman–Crippen MR) is 71.5 cm³/mol. The highest BCUT2D eigenvalue weighted by Crippen LogP contribution is 2.06. The van der Waals surface area contributed by atoms with E-state index in [0.717, 1.165) is 37.7 Å². The molecule has 2 N–H and O–H groups in total. The van der Waals surface area contributed by atoms with Gasteiger partial charge in [0.15, 0.2) is 0 Å². The second-order valence-electron chi connectivity index (χ2n) is 3.91. The molecule has 0 aliphatic carbocycles. The number of nitrogens with zero attached hydrogens (tertiary/aromatic N) is 4. The monoisotopic (exact) mass is 246 g/mol.